The molecule has 1 aromatic rings. The topological polar surface area (TPSA) is 32.3 Å². The molecular formula is C11H14ClF2NO. The van der Waals surface area contributed by atoms with Crippen LogP contribution in [0.3, 0.4) is 0 Å². The predicted octanol–water partition coefficient (Wildman–Crippen LogP) is 2.36. The van der Waals surface area contributed by atoms with Gasteiger partial charge in [-0.2, -0.15) is 0 Å². The Bertz CT molecular complexity index is 347. The van der Waals surface area contributed by atoms with Gasteiger partial charge in [-0.25, -0.2) is 8.78 Å². The highest BCUT2D eigenvalue weighted by Crippen LogP contribution is 2.17. The van der Waals surface area contributed by atoms with E-state index in [2.05, 4.69) is 5.32 Å². The second-order valence-corrected chi connectivity index (χ2v) is 4.03. The van der Waals surface area contributed by atoms with Crippen molar-refractivity contribution in [3.05, 3.63) is 34.3 Å². The number of aliphatic hydroxyl groups is 1. The van der Waals surface area contributed by atoms with Crippen molar-refractivity contribution in [2.24, 2.45) is 0 Å². The van der Waals surface area contributed by atoms with Crippen LogP contribution in [0.5, 0.6) is 0 Å². The summed E-state index contributed by atoms with van der Waals surface area (Å²) in [5.74, 6) is 0. The Hall–Kier alpha value is -0.710. The molecule has 1 aromatic carbocycles. The second kappa shape index (κ2) is 6.13. The molecule has 0 amide bonds. The van der Waals surface area contributed by atoms with Gasteiger partial charge in [-0.3, -0.25) is 0 Å². The molecule has 0 bridgehead atoms. The molecule has 0 fully saturated rings. The van der Waals surface area contributed by atoms with Gasteiger partial charge in [0.2, 0.25) is 0 Å². The lowest BCUT2D eigenvalue weighted by molar-refractivity contribution is -0.00340. The Morgan fingerprint density at radius 2 is 2.12 bits per heavy atom. The highest BCUT2D eigenvalue weighted by atomic mass is 35.5. The quantitative estimate of drug-likeness (QED) is 0.840. The van der Waals surface area contributed by atoms with Crippen LogP contribution in [0.15, 0.2) is 18.2 Å². The number of aryl methyl sites for hydroxylation is 1. The molecule has 0 spiro atoms. The largest absolute Gasteiger partial charge is 0.386 e. The molecule has 0 aliphatic carbocycles. The Morgan fingerprint density at radius 1 is 1.44 bits per heavy atom. The van der Waals surface area contributed by atoms with Crippen molar-refractivity contribution in [2.75, 3.05) is 6.54 Å². The van der Waals surface area contributed by atoms with Crippen LogP contribution in [0.1, 0.15) is 11.1 Å². The normalized spacial score (nSPS) is 13.1. The first-order valence-electron chi connectivity index (χ1n) is 4.92. The molecule has 2 nitrogen and oxygen atoms in total. The van der Waals surface area contributed by atoms with Gasteiger partial charge in [0.1, 0.15) is 6.10 Å². The van der Waals surface area contributed by atoms with Crippen LogP contribution < -0.4 is 5.32 Å². The summed E-state index contributed by atoms with van der Waals surface area (Å²) in [5.41, 5.74) is 1.87. The fourth-order valence-corrected chi connectivity index (χ4v) is 1.54. The molecule has 0 saturated carbocycles. The van der Waals surface area contributed by atoms with E-state index in [1.54, 1.807) is 0 Å². The predicted molar refractivity (Wildman–Crippen MR) is 59.9 cm³/mol. The van der Waals surface area contributed by atoms with E-state index in [-0.39, 0.29) is 6.54 Å². The number of nitrogens with one attached hydrogen (secondary N) is 1. The van der Waals surface area contributed by atoms with Crippen molar-refractivity contribution in [1.82, 2.24) is 5.32 Å². The zero-order chi connectivity index (χ0) is 12.1. The average Bonchev–Trinajstić information content (AvgIpc) is 2.20. The minimum absolute atomic E-state index is 0.151. The lowest BCUT2D eigenvalue weighted by Crippen LogP contribution is -2.31. The summed E-state index contributed by atoms with van der Waals surface area (Å²) in [6.45, 7) is 2.13. The van der Waals surface area contributed by atoms with E-state index in [9.17, 15) is 8.78 Å². The fraction of sp³-hybridized carbons (Fsp3) is 0.455. The first kappa shape index (κ1) is 13.4. The van der Waals surface area contributed by atoms with E-state index in [0.29, 0.717) is 11.6 Å². The molecule has 1 unspecified atom stereocenters. The van der Waals surface area contributed by atoms with E-state index in [4.69, 9.17) is 16.7 Å². The van der Waals surface area contributed by atoms with Crippen LogP contribution in [0.25, 0.3) is 0 Å². The summed E-state index contributed by atoms with van der Waals surface area (Å²) in [4.78, 5) is 0. The first-order valence-corrected chi connectivity index (χ1v) is 5.30. The average molecular weight is 250 g/mol. The third-order valence-corrected chi connectivity index (χ3v) is 2.52. The molecule has 1 atom stereocenters. The lowest BCUT2D eigenvalue weighted by Gasteiger charge is -2.11. The Morgan fingerprint density at radius 3 is 2.69 bits per heavy atom. The number of rotatable bonds is 5. The van der Waals surface area contributed by atoms with Crippen molar-refractivity contribution in [3.63, 3.8) is 0 Å². The monoisotopic (exact) mass is 249 g/mol. The summed E-state index contributed by atoms with van der Waals surface area (Å²) in [5, 5.41) is 12.2. The van der Waals surface area contributed by atoms with Crippen LogP contribution in [0.2, 0.25) is 5.02 Å². The Kier molecular flexibility index (Phi) is 5.12. The molecule has 1 rings (SSSR count). The van der Waals surface area contributed by atoms with Crippen LogP contribution in [0, 0.1) is 6.92 Å². The first-order chi connectivity index (χ1) is 7.50. The Labute approximate surface area is 98.2 Å². The molecule has 0 radical (unpaired) electrons. The molecule has 16 heavy (non-hydrogen) atoms. The standard InChI is InChI=1S/C11H14ClF2NO/c1-7-2-3-8(9(12)4-7)5-15-6-10(16)11(13)14/h2-4,10-11,15-16H,5-6H2,1H3. The van der Waals surface area contributed by atoms with Gasteiger partial charge in [0.15, 0.2) is 0 Å². The fourth-order valence-electron chi connectivity index (χ4n) is 1.24. The zero-order valence-electron chi connectivity index (χ0n) is 8.88. The van der Waals surface area contributed by atoms with Gasteiger partial charge in [0, 0.05) is 18.1 Å². The van der Waals surface area contributed by atoms with Gasteiger partial charge in [0.25, 0.3) is 6.43 Å². The summed E-state index contributed by atoms with van der Waals surface area (Å²) in [7, 11) is 0. The maximum atomic E-state index is 12.0. The minimum atomic E-state index is -2.72. The maximum Gasteiger partial charge on any atom is 0.265 e. The highest BCUT2D eigenvalue weighted by molar-refractivity contribution is 6.31. The molecule has 0 heterocycles. The van der Waals surface area contributed by atoms with Crippen molar-refractivity contribution in [2.45, 2.75) is 26.0 Å². The second-order valence-electron chi connectivity index (χ2n) is 3.63. The molecule has 90 valence electrons. The minimum Gasteiger partial charge on any atom is -0.386 e. The van der Waals surface area contributed by atoms with Crippen LogP contribution in [-0.4, -0.2) is 24.2 Å². The highest BCUT2D eigenvalue weighted by Gasteiger charge is 2.15. The number of hydrogen-bond donors (Lipinski definition) is 2. The SMILES string of the molecule is Cc1ccc(CNCC(O)C(F)F)c(Cl)c1. The zero-order valence-corrected chi connectivity index (χ0v) is 9.64. The van der Waals surface area contributed by atoms with Crippen molar-refractivity contribution < 1.29 is 13.9 Å². The molecule has 5 heteroatoms. The van der Waals surface area contributed by atoms with Crippen molar-refractivity contribution >= 4 is 11.6 Å². The van der Waals surface area contributed by atoms with Gasteiger partial charge in [-0.1, -0.05) is 23.7 Å². The van der Waals surface area contributed by atoms with Crippen LogP contribution in [0.4, 0.5) is 8.78 Å². The van der Waals surface area contributed by atoms with Gasteiger partial charge in [0.05, 0.1) is 0 Å². The molecule has 0 aliphatic rings. The molecular weight excluding hydrogens is 236 g/mol. The van der Waals surface area contributed by atoms with Gasteiger partial charge >= 0.3 is 0 Å². The van der Waals surface area contributed by atoms with Crippen LogP contribution >= 0.6 is 11.6 Å². The van der Waals surface area contributed by atoms with Crippen LogP contribution in [-0.2, 0) is 6.54 Å². The van der Waals surface area contributed by atoms with E-state index in [1.165, 1.54) is 0 Å². The number of aliphatic hydroxyl groups excluding tert-OH is 1. The van der Waals surface area contributed by atoms with E-state index in [0.717, 1.165) is 11.1 Å². The summed E-state index contributed by atoms with van der Waals surface area (Å²) < 4.78 is 23.9. The van der Waals surface area contributed by atoms with E-state index >= 15 is 0 Å². The van der Waals surface area contributed by atoms with Gasteiger partial charge in [-0.15, -0.1) is 0 Å². The smallest absolute Gasteiger partial charge is 0.265 e. The summed E-state index contributed by atoms with van der Waals surface area (Å²) in [6, 6.07) is 5.54. The number of alkyl halides is 2. The van der Waals surface area contributed by atoms with Crippen molar-refractivity contribution in [1.29, 1.82) is 0 Å². The maximum absolute atomic E-state index is 12.0. The number of benzene rings is 1. The summed E-state index contributed by atoms with van der Waals surface area (Å²) >= 11 is 5.96. The lowest BCUT2D eigenvalue weighted by atomic mass is 10.1. The van der Waals surface area contributed by atoms with Gasteiger partial charge in [-0.05, 0) is 24.1 Å². The van der Waals surface area contributed by atoms with Gasteiger partial charge < -0.3 is 10.4 Å². The molecule has 0 aromatic heterocycles. The molecule has 2 N–H and O–H groups in total. The summed E-state index contributed by atoms with van der Waals surface area (Å²) in [6.07, 6.45) is -4.36. The Balaban J connectivity index is 2.43. The number of hydrogen-bond acceptors (Lipinski definition) is 2. The van der Waals surface area contributed by atoms with E-state index in [1.807, 2.05) is 25.1 Å². The van der Waals surface area contributed by atoms with E-state index < -0.39 is 12.5 Å². The number of halogens is 3. The third-order valence-electron chi connectivity index (χ3n) is 2.17. The molecule has 0 saturated heterocycles. The van der Waals surface area contributed by atoms with Crippen molar-refractivity contribution in [3.8, 4) is 0 Å². The molecule has 0 aliphatic heterocycles. The third kappa shape index (κ3) is 4.04.